The number of fused-ring (bicyclic) bond motifs is 1. The Morgan fingerprint density at radius 3 is 2.96 bits per heavy atom. The number of cyclic esters (lactones) is 1. The number of hydrazine groups is 1. The van der Waals surface area contributed by atoms with Gasteiger partial charge in [-0.3, -0.25) is 4.90 Å². The van der Waals surface area contributed by atoms with Gasteiger partial charge in [-0.05, 0) is 42.5 Å². The van der Waals surface area contributed by atoms with Crippen molar-refractivity contribution in [2.75, 3.05) is 18.0 Å². The molecule has 0 spiro atoms. The molecule has 0 bridgehead atoms. The summed E-state index contributed by atoms with van der Waals surface area (Å²) in [6.07, 6.45) is -1.00. The number of thiocarbonyl (C=S) groups is 1. The number of hydrogen-bond acceptors (Lipinski definition) is 6. The number of carbonyl (C=O) groups is 1. The van der Waals surface area contributed by atoms with Crippen LogP contribution in [0.3, 0.4) is 0 Å². The number of anilines is 1. The minimum atomic E-state index is -0.559. The Hall–Kier alpha value is -3.31. The van der Waals surface area contributed by atoms with Gasteiger partial charge >= 0.3 is 6.09 Å². The van der Waals surface area contributed by atoms with Crippen LogP contribution >= 0.6 is 12.2 Å². The van der Waals surface area contributed by atoms with E-state index in [1.807, 2.05) is 12.1 Å². The van der Waals surface area contributed by atoms with Gasteiger partial charge in [0.2, 0.25) is 0 Å². The molecule has 9 nitrogen and oxygen atoms in total. The minimum Gasteiger partial charge on any atom is -0.442 e. The standard InChI is InChI=1S/C17H16FN7O2S/c18-12-7-10(24-9-11(27-17(24)26)8-20-16(28)21-19)5-6-14(12)25-15-4-2-1-3-13(15)22-23-25/h1-7,11H,8-9,19H2,(H2,20,21,28)/t11-/m0/s1. The minimum absolute atomic E-state index is 0.239. The normalized spacial score (nSPS) is 16.3. The van der Waals surface area contributed by atoms with E-state index in [9.17, 15) is 9.18 Å². The van der Waals surface area contributed by atoms with Crippen LogP contribution in [0.1, 0.15) is 0 Å². The number of rotatable bonds is 4. The monoisotopic (exact) mass is 401 g/mol. The van der Waals surface area contributed by atoms with Gasteiger partial charge in [0.05, 0.1) is 24.3 Å². The van der Waals surface area contributed by atoms with Crippen LogP contribution in [0.4, 0.5) is 14.9 Å². The Morgan fingerprint density at radius 1 is 1.36 bits per heavy atom. The number of benzene rings is 2. The number of nitrogens with zero attached hydrogens (tertiary/aromatic N) is 4. The zero-order chi connectivity index (χ0) is 19.7. The highest BCUT2D eigenvalue weighted by Crippen LogP contribution is 2.26. The Kier molecular flexibility index (Phi) is 4.75. The highest BCUT2D eigenvalue weighted by atomic mass is 32.1. The molecule has 3 aromatic rings. The number of carbonyl (C=O) groups excluding carboxylic acids is 1. The second-order valence-electron chi connectivity index (χ2n) is 6.10. The lowest BCUT2D eigenvalue weighted by Crippen LogP contribution is -2.43. The van der Waals surface area contributed by atoms with E-state index in [0.717, 1.165) is 0 Å². The van der Waals surface area contributed by atoms with Crippen LogP contribution < -0.4 is 21.5 Å². The molecule has 0 saturated carbocycles. The summed E-state index contributed by atoms with van der Waals surface area (Å²) in [7, 11) is 0. The van der Waals surface area contributed by atoms with Crippen molar-refractivity contribution in [3.8, 4) is 5.69 Å². The number of hydrogen-bond donors (Lipinski definition) is 3. The first-order chi connectivity index (χ1) is 13.6. The van der Waals surface area contributed by atoms with Crippen LogP contribution in [-0.4, -0.2) is 45.4 Å². The molecule has 0 unspecified atom stereocenters. The number of aromatic nitrogens is 3. The maximum Gasteiger partial charge on any atom is 0.414 e. The van der Waals surface area contributed by atoms with E-state index in [2.05, 4.69) is 21.1 Å². The lowest BCUT2D eigenvalue weighted by atomic mass is 10.2. The third-order valence-corrected chi connectivity index (χ3v) is 4.58. The second-order valence-corrected chi connectivity index (χ2v) is 6.50. The van der Waals surface area contributed by atoms with Gasteiger partial charge in [-0.2, -0.15) is 0 Å². The van der Waals surface area contributed by atoms with Crippen molar-refractivity contribution in [3.63, 3.8) is 0 Å². The largest absolute Gasteiger partial charge is 0.442 e. The predicted octanol–water partition coefficient (Wildman–Crippen LogP) is 1.22. The Balaban J connectivity index is 1.55. The summed E-state index contributed by atoms with van der Waals surface area (Å²) in [4.78, 5) is 13.5. The molecule has 2 aromatic carbocycles. The summed E-state index contributed by atoms with van der Waals surface area (Å²) >= 11 is 4.88. The molecule has 1 aliphatic rings. The van der Waals surface area contributed by atoms with Crippen molar-refractivity contribution in [2.45, 2.75) is 6.10 Å². The fraction of sp³-hybridized carbons (Fsp3) is 0.176. The highest BCUT2D eigenvalue weighted by molar-refractivity contribution is 7.80. The number of nitrogens with two attached hydrogens (primary N) is 1. The summed E-state index contributed by atoms with van der Waals surface area (Å²) in [6, 6.07) is 11.7. The van der Waals surface area contributed by atoms with Gasteiger partial charge in [-0.1, -0.05) is 17.3 Å². The van der Waals surface area contributed by atoms with Crippen molar-refractivity contribution in [3.05, 3.63) is 48.3 Å². The first-order valence-electron chi connectivity index (χ1n) is 8.40. The van der Waals surface area contributed by atoms with Gasteiger partial charge in [0.1, 0.15) is 17.3 Å². The van der Waals surface area contributed by atoms with Crippen LogP contribution in [0.25, 0.3) is 16.7 Å². The number of nitrogens with one attached hydrogen (secondary N) is 2. The SMILES string of the molecule is NNC(=S)NC[C@H]1CN(c2ccc(-n3nnc4ccccc43)c(F)c2)C(=O)O1. The van der Waals surface area contributed by atoms with E-state index in [1.54, 1.807) is 24.3 Å². The zero-order valence-electron chi connectivity index (χ0n) is 14.5. The molecule has 2 heterocycles. The quantitative estimate of drug-likeness (QED) is 0.340. The molecule has 1 aromatic heterocycles. The number of para-hydroxylation sites is 1. The molecule has 0 aliphatic carbocycles. The predicted molar refractivity (Wildman–Crippen MR) is 104 cm³/mol. The van der Waals surface area contributed by atoms with Gasteiger partial charge in [0, 0.05) is 0 Å². The first-order valence-corrected chi connectivity index (χ1v) is 8.80. The maximum atomic E-state index is 14.8. The molecular formula is C17H16FN7O2S. The molecule has 0 radical (unpaired) electrons. The van der Waals surface area contributed by atoms with Crippen LogP contribution in [0, 0.1) is 5.82 Å². The summed E-state index contributed by atoms with van der Waals surface area (Å²) in [5.74, 6) is 4.65. The van der Waals surface area contributed by atoms with Gasteiger partial charge in [0.15, 0.2) is 10.9 Å². The summed E-state index contributed by atoms with van der Waals surface area (Å²) in [5.41, 5.74) is 4.26. The van der Waals surface area contributed by atoms with E-state index >= 15 is 0 Å². The molecule has 144 valence electrons. The number of ether oxygens (including phenoxy) is 1. The Bertz CT molecular complexity index is 1060. The summed E-state index contributed by atoms with van der Waals surface area (Å²) < 4.78 is 21.5. The topological polar surface area (TPSA) is 110 Å². The molecule has 28 heavy (non-hydrogen) atoms. The van der Waals surface area contributed by atoms with E-state index in [-0.39, 0.29) is 23.9 Å². The van der Waals surface area contributed by atoms with E-state index in [4.69, 9.17) is 22.8 Å². The molecule has 4 N–H and O–H groups in total. The molecule has 4 rings (SSSR count). The number of halogens is 1. The van der Waals surface area contributed by atoms with Crippen molar-refractivity contribution < 1.29 is 13.9 Å². The van der Waals surface area contributed by atoms with Crippen molar-refractivity contribution >= 4 is 40.1 Å². The molecule has 1 saturated heterocycles. The smallest absolute Gasteiger partial charge is 0.414 e. The molecule has 11 heteroatoms. The fourth-order valence-corrected chi connectivity index (χ4v) is 3.06. The maximum absolute atomic E-state index is 14.8. The van der Waals surface area contributed by atoms with E-state index in [1.165, 1.54) is 15.6 Å². The van der Waals surface area contributed by atoms with Crippen molar-refractivity contribution in [1.29, 1.82) is 0 Å². The Morgan fingerprint density at radius 2 is 2.18 bits per heavy atom. The summed E-state index contributed by atoms with van der Waals surface area (Å²) in [6.45, 7) is 0.543. The van der Waals surface area contributed by atoms with Crippen LogP contribution in [0.15, 0.2) is 42.5 Å². The first kappa shape index (κ1) is 18.1. The number of amides is 1. The average Bonchev–Trinajstić information content (AvgIpc) is 3.29. The highest BCUT2D eigenvalue weighted by Gasteiger charge is 2.32. The second kappa shape index (κ2) is 7.37. The average molecular weight is 401 g/mol. The third kappa shape index (κ3) is 3.32. The van der Waals surface area contributed by atoms with Crippen LogP contribution in [-0.2, 0) is 4.74 Å². The third-order valence-electron chi connectivity index (χ3n) is 4.32. The molecular weight excluding hydrogens is 385 g/mol. The van der Waals surface area contributed by atoms with Crippen LogP contribution in [0.2, 0.25) is 0 Å². The molecule has 1 atom stereocenters. The van der Waals surface area contributed by atoms with E-state index in [0.29, 0.717) is 16.7 Å². The van der Waals surface area contributed by atoms with E-state index < -0.39 is 18.0 Å². The van der Waals surface area contributed by atoms with Crippen LogP contribution in [0.5, 0.6) is 0 Å². The zero-order valence-corrected chi connectivity index (χ0v) is 15.3. The summed E-state index contributed by atoms with van der Waals surface area (Å²) in [5, 5.41) is 11.1. The molecule has 1 amide bonds. The van der Waals surface area contributed by atoms with Crippen molar-refractivity contribution in [2.24, 2.45) is 5.84 Å². The molecule has 1 fully saturated rings. The van der Waals surface area contributed by atoms with Gasteiger partial charge in [-0.15, -0.1) is 5.10 Å². The van der Waals surface area contributed by atoms with Gasteiger partial charge < -0.3 is 15.5 Å². The van der Waals surface area contributed by atoms with Gasteiger partial charge in [-0.25, -0.2) is 19.7 Å². The fourth-order valence-electron chi connectivity index (χ4n) is 2.98. The molecule has 1 aliphatic heterocycles. The Labute approximate surface area is 164 Å². The van der Waals surface area contributed by atoms with Crippen molar-refractivity contribution in [1.82, 2.24) is 25.7 Å². The van der Waals surface area contributed by atoms with Gasteiger partial charge in [0.25, 0.3) is 0 Å². The lowest BCUT2D eigenvalue weighted by molar-refractivity contribution is 0.143. The lowest BCUT2D eigenvalue weighted by Gasteiger charge is -2.15.